The number of allylic oxidation sites excluding steroid dienone is 2. The molecule has 2 saturated heterocycles. The van der Waals surface area contributed by atoms with Gasteiger partial charge in [0.25, 0.3) is 0 Å². The number of fused-ring (bicyclic) bond motifs is 4. The van der Waals surface area contributed by atoms with E-state index in [0.29, 0.717) is 23.5 Å². The molecule has 1 saturated carbocycles. The van der Waals surface area contributed by atoms with E-state index in [9.17, 15) is 24.3 Å². The van der Waals surface area contributed by atoms with Gasteiger partial charge in [0.2, 0.25) is 23.6 Å². The van der Waals surface area contributed by atoms with Gasteiger partial charge in [-0.2, -0.15) is 0 Å². The largest absolute Gasteiger partial charge is 0.491 e. The fourth-order valence-corrected chi connectivity index (χ4v) is 8.30. The maximum atomic E-state index is 14.5. The van der Waals surface area contributed by atoms with Gasteiger partial charge < -0.3 is 9.84 Å². The summed E-state index contributed by atoms with van der Waals surface area (Å²) < 4.78 is 6.81. The average Bonchev–Trinajstić information content (AvgIpc) is 3.40. The number of hydrogen-bond acceptors (Lipinski definition) is 6. The highest BCUT2D eigenvalue weighted by Gasteiger charge is 2.68. The monoisotopic (exact) mass is 654 g/mol. The molecule has 2 aliphatic heterocycles. The minimum Gasteiger partial charge on any atom is -0.491 e. The number of benzene rings is 3. The molecule has 1 N–H and O–H groups in total. The van der Waals surface area contributed by atoms with Crippen molar-refractivity contribution in [2.45, 2.75) is 25.7 Å². The fraction of sp³-hybridized carbons (Fsp3) is 0.314. The van der Waals surface area contributed by atoms with Crippen molar-refractivity contribution in [2.75, 3.05) is 23.0 Å². The van der Waals surface area contributed by atoms with Crippen LogP contribution in [-0.2, 0) is 19.2 Å². The molecule has 4 amide bonds. The number of aliphatic hydroxyl groups is 1. The molecule has 3 fully saturated rings. The Morgan fingerprint density at radius 2 is 1.52 bits per heavy atom. The number of aliphatic hydroxyl groups excluding tert-OH is 1. The van der Waals surface area contributed by atoms with Crippen molar-refractivity contribution in [1.29, 1.82) is 0 Å². The Bertz CT molecular complexity index is 1710. The predicted molar refractivity (Wildman–Crippen MR) is 167 cm³/mol. The van der Waals surface area contributed by atoms with Gasteiger partial charge in [-0.05, 0) is 68.1 Å². The summed E-state index contributed by atoms with van der Waals surface area (Å²) in [6.07, 6.45) is 2.66. The van der Waals surface area contributed by atoms with E-state index in [4.69, 9.17) is 4.74 Å². The summed E-state index contributed by atoms with van der Waals surface area (Å²) >= 11 is 3.42. The van der Waals surface area contributed by atoms with E-state index >= 15 is 0 Å². The molecule has 2 heterocycles. The molecule has 3 aromatic carbocycles. The number of carbonyl (C=O) groups is 4. The van der Waals surface area contributed by atoms with Gasteiger partial charge in [-0.3, -0.25) is 24.1 Å². The lowest BCUT2D eigenvalue weighted by molar-refractivity contribution is -0.131. The lowest BCUT2D eigenvalue weighted by Crippen LogP contribution is -2.49. The summed E-state index contributed by atoms with van der Waals surface area (Å²) in [6, 6.07) is 23.4. The summed E-state index contributed by atoms with van der Waals surface area (Å²) in [4.78, 5) is 59.4. The second-order valence-corrected chi connectivity index (χ2v) is 13.0. The molecule has 224 valence electrons. The highest BCUT2D eigenvalue weighted by atomic mass is 79.9. The van der Waals surface area contributed by atoms with Crippen LogP contribution >= 0.6 is 15.9 Å². The summed E-state index contributed by atoms with van der Waals surface area (Å²) in [6.45, 7) is 1.73. The third-order valence-electron chi connectivity index (χ3n) is 9.95. The SMILES string of the molecule is C[C@@]12C(=O)N(c3ccccc3)C(=O)[C@@H]1C[C@@H]1C(=CC[C@@H]3C(=O)N(c4ccc(Br)cc4)C(=O)[C@@H]31)[C@@H]2c1ccccc1OCCO. The van der Waals surface area contributed by atoms with E-state index in [1.165, 1.54) is 9.80 Å². The van der Waals surface area contributed by atoms with Crippen LogP contribution in [0.1, 0.15) is 31.2 Å². The minimum atomic E-state index is -1.17. The Kier molecular flexibility index (Phi) is 7.05. The molecule has 0 unspecified atom stereocenters. The van der Waals surface area contributed by atoms with Gasteiger partial charge in [0.15, 0.2) is 0 Å². The van der Waals surface area contributed by atoms with E-state index in [2.05, 4.69) is 15.9 Å². The van der Waals surface area contributed by atoms with Crippen LogP contribution in [0, 0.1) is 29.1 Å². The lowest BCUT2D eigenvalue weighted by Gasteiger charge is -2.49. The van der Waals surface area contributed by atoms with Gasteiger partial charge in [0.1, 0.15) is 12.4 Å². The van der Waals surface area contributed by atoms with Crippen LogP contribution in [0.2, 0.25) is 0 Å². The lowest BCUT2D eigenvalue weighted by atomic mass is 9.51. The number of ether oxygens (including phenoxy) is 1. The van der Waals surface area contributed by atoms with Crippen LogP contribution in [0.15, 0.2) is 95.0 Å². The Morgan fingerprint density at radius 1 is 0.841 bits per heavy atom. The number of imide groups is 2. The summed E-state index contributed by atoms with van der Waals surface area (Å²) in [5.41, 5.74) is 1.46. The van der Waals surface area contributed by atoms with E-state index in [1.807, 2.05) is 37.3 Å². The van der Waals surface area contributed by atoms with Crippen molar-refractivity contribution in [3.05, 3.63) is 101 Å². The molecule has 8 nitrogen and oxygen atoms in total. The van der Waals surface area contributed by atoms with E-state index in [0.717, 1.165) is 15.6 Å². The second kappa shape index (κ2) is 10.8. The molecule has 6 atom stereocenters. The Hall–Kier alpha value is -4.08. The zero-order valence-corrected chi connectivity index (χ0v) is 25.6. The molecular formula is C35H31BrN2O6. The van der Waals surface area contributed by atoms with Crippen molar-refractivity contribution < 1.29 is 29.0 Å². The maximum Gasteiger partial charge on any atom is 0.241 e. The molecule has 2 aliphatic carbocycles. The van der Waals surface area contributed by atoms with Crippen molar-refractivity contribution >= 4 is 50.9 Å². The topological polar surface area (TPSA) is 104 Å². The third kappa shape index (κ3) is 4.13. The summed E-state index contributed by atoms with van der Waals surface area (Å²) in [5.74, 6) is -3.55. The van der Waals surface area contributed by atoms with Gasteiger partial charge in [-0.1, -0.05) is 64.0 Å². The molecule has 7 rings (SSSR count). The smallest absolute Gasteiger partial charge is 0.241 e. The second-order valence-electron chi connectivity index (χ2n) is 12.1. The van der Waals surface area contributed by atoms with Crippen molar-refractivity contribution in [1.82, 2.24) is 0 Å². The van der Waals surface area contributed by atoms with E-state index in [-0.39, 0.29) is 43.3 Å². The van der Waals surface area contributed by atoms with Crippen LogP contribution < -0.4 is 14.5 Å². The highest BCUT2D eigenvalue weighted by Crippen LogP contribution is 2.64. The van der Waals surface area contributed by atoms with Crippen molar-refractivity contribution in [3.63, 3.8) is 0 Å². The fourth-order valence-electron chi connectivity index (χ4n) is 8.03. The third-order valence-corrected chi connectivity index (χ3v) is 10.5. The van der Waals surface area contributed by atoms with E-state index < -0.39 is 35.0 Å². The molecule has 44 heavy (non-hydrogen) atoms. The maximum absolute atomic E-state index is 14.5. The summed E-state index contributed by atoms with van der Waals surface area (Å²) in [7, 11) is 0. The van der Waals surface area contributed by atoms with Crippen LogP contribution in [-0.4, -0.2) is 41.9 Å². The first-order valence-electron chi connectivity index (χ1n) is 14.9. The van der Waals surface area contributed by atoms with Crippen molar-refractivity contribution in [2.24, 2.45) is 29.1 Å². The Balaban J connectivity index is 1.37. The van der Waals surface area contributed by atoms with Crippen LogP contribution in [0.5, 0.6) is 5.75 Å². The zero-order valence-electron chi connectivity index (χ0n) is 24.1. The molecule has 9 heteroatoms. The van der Waals surface area contributed by atoms with Crippen LogP contribution in [0.3, 0.4) is 0 Å². The van der Waals surface area contributed by atoms with Gasteiger partial charge >= 0.3 is 0 Å². The number of carbonyl (C=O) groups excluding carboxylic acids is 4. The zero-order chi connectivity index (χ0) is 30.7. The number of para-hydroxylation sites is 2. The Labute approximate surface area is 263 Å². The van der Waals surface area contributed by atoms with Gasteiger partial charge in [-0.25, -0.2) is 4.90 Å². The number of nitrogens with zero attached hydrogens (tertiary/aromatic N) is 2. The van der Waals surface area contributed by atoms with Gasteiger partial charge in [-0.15, -0.1) is 0 Å². The van der Waals surface area contributed by atoms with Gasteiger partial charge in [0, 0.05) is 16.0 Å². The Morgan fingerprint density at radius 3 is 2.25 bits per heavy atom. The number of halogens is 1. The normalized spacial score (nSPS) is 29.3. The average molecular weight is 656 g/mol. The standard InChI is InChI=1S/C35H31BrN2O6/c1-35-27(32(41)38(34(35)43)21-7-3-2-4-8-21)19-26-23(30(35)24-9-5-6-10-28(24)44-18-17-39)15-16-25-29(26)33(42)37(31(25)40)22-13-11-20(36)12-14-22/h2-15,25-27,29-30,39H,16-19H2,1H3/t25-,26+,27-,29-,30+,35+/m0/s1. The molecule has 4 aliphatic rings. The number of rotatable bonds is 6. The quantitative estimate of drug-likeness (QED) is 0.287. The number of amides is 4. The van der Waals surface area contributed by atoms with Crippen LogP contribution in [0.4, 0.5) is 11.4 Å². The first-order valence-corrected chi connectivity index (χ1v) is 15.7. The summed E-state index contributed by atoms with van der Waals surface area (Å²) in [5, 5.41) is 9.53. The highest BCUT2D eigenvalue weighted by molar-refractivity contribution is 9.10. The van der Waals surface area contributed by atoms with Gasteiger partial charge in [0.05, 0.1) is 41.2 Å². The predicted octanol–water partition coefficient (Wildman–Crippen LogP) is 5.26. The molecule has 3 aromatic rings. The number of hydrogen-bond donors (Lipinski definition) is 1. The number of anilines is 2. The van der Waals surface area contributed by atoms with Crippen molar-refractivity contribution in [3.8, 4) is 5.75 Å². The molecular weight excluding hydrogens is 624 g/mol. The minimum absolute atomic E-state index is 0.0647. The van der Waals surface area contributed by atoms with Crippen LogP contribution in [0.25, 0.3) is 0 Å². The molecule has 0 bridgehead atoms. The van der Waals surface area contributed by atoms with E-state index in [1.54, 1.807) is 54.6 Å². The molecule has 0 spiro atoms. The molecule has 0 radical (unpaired) electrons. The first kappa shape index (κ1) is 28.7. The first-order chi connectivity index (χ1) is 21.3. The molecule has 0 aromatic heterocycles.